The third-order valence-corrected chi connectivity index (χ3v) is 6.81. The Hall–Kier alpha value is -0.210. The molecular weight excluding hydrogens is 276 g/mol. The first-order valence-corrected chi connectivity index (χ1v) is 9.25. The highest BCUT2D eigenvalue weighted by molar-refractivity contribution is 7.87. The van der Waals surface area contributed by atoms with Crippen LogP contribution in [0.15, 0.2) is 0 Å². The van der Waals surface area contributed by atoms with Gasteiger partial charge >= 0.3 is 0 Å². The van der Waals surface area contributed by atoms with E-state index in [2.05, 4.69) is 9.62 Å². The maximum absolute atomic E-state index is 12.6. The van der Waals surface area contributed by atoms with Crippen molar-refractivity contribution in [3.8, 4) is 0 Å². The maximum atomic E-state index is 12.6. The highest BCUT2D eigenvalue weighted by Gasteiger charge is 2.39. The van der Waals surface area contributed by atoms with Gasteiger partial charge in [0.25, 0.3) is 10.2 Å². The lowest BCUT2D eigenvalue weighted by Crippen LogP contribution is -2.61. The third kappa shape index (κ3) is 2.87. The molecule has 0 saturated carbocycles. The maximum Gasteiger partial charge on any atom is 0.280 e. The van der Waals surface area contributed by atoms with E-state index < -0.39 is 10.2 Å². The molecule has 116 valence electrons. The van der Waals surface area contributed by atoms with Crippen molar-refractivity contribution in [2.75, 3.05) is 32.7 Å². The predicted octanol–water partition coefficient (Wildman–Crippen LogP) is -0.272. The van der Waals surface area contributed by atoms with Gasteiger partial charge in [0.05, 0.1) is 0 Å². The largest absolute Gasteiger partial charge is 0.329 e. The number of nitrogens with zero attached hydrogens (tertiary/aromatic N) is 2. The summed E-state index contributed by atoms with van der Waals surface area (Å²) in [5, 5.41) is 0. The van der Waals surface area contributed by atoms with Gasteiger partial charge in [0.1, 0.15) is 0 Å². The highest BCUT2D eigenvalue weighted by atomic mass is 32.2. The van der Waals surface area contributed by atoms with Crippen LogP contribution in [0, 0.1) is 5.92 Å². The molecule has 4 aliphatic heterocycles. The van der Waals surface area contributed by atoms with E-state index in [-0.39, 0.29) is 12.1 Å². The Kier molecular flexibility index (Phi) is 4.33. The second-order valence-corrected chi connectivity index (χ2v) is 8.02. The molecule has 2 bridgehead atoms. The highest BCUT2D eigenvalue weighted by Crippen LogP contribution is 2.29. The van der Waals surface area contributed by atoms with Crippen molar-refractivity contribution in [3.05, 3.63) is 0 Å². The third-order valence-electron chi connectivity index (χ3n) is 5.11. The summed E-state index contributed by atoms with van der Waals surface area (Å²) >= 11 is 0. The summed E-state index contributed by atoms with van der Waals surface area (Å²) in [5.74, 6) is 0.510. The molecule has 4 aliphatic rings. The van der Waals surface area contributed by atoms with Crippen molar-refractivity contribution in [3.63, 3.8) is 0 Å². The van der Waals surface area contributed by atoms with Crippen molar-refractivity contribution >= 4 is 10.2 Å². The van der Waals surface area contributed by atoms with E-state index in [1.165, 1.54) is 0 Å². The standard InChI is InChI=1S/C13H26N4O2S/c14-9-12-3-1-2-6-17(12)20(18,19)15-13-10-16-7-4-11(13)5-8-16/h11-13,15H,1-10,14H2. The summed E-state index contributed by atoms with van der Waals surface area (Å²) in [6.45, 7) is 4.14. The molecule has 2 atom stereocenters. The quantitative estimate of drug-likeness (QED) is 0.749. The number of rotatable bonds is 4. The summed E-state index contributed by atoms with van der Waals surface area (Å²) in [7, 11) is -3.39. The van der Waals surface area contributed by atoms with Crippen molar-refractivity contribution in [2.24, 2.45) is 11.7 Å². The summed E-state index contributed by atoms with van der Waals surface area (Å²) in [5.41, 5.74) is 5.74. The zero-order valence-electron chi connectivity index (χ0n) is 12.0. The smallest absolute Gasteiger partial charge is 0.280 e. The van der Waals surface area contributed by atoms with Crippen molar-refractivity contribution in [1.82, 2.24) is 13.9 Å². The minimum Gasteiger partial charge on any atom is -0.329 e. The van der Waals surface area contributed by atoms with E-state index in [1.54, 1.807) is 4.31 Å². The molecule has 0 aromatic heterocycles. The molecule has 20 heavy (non-hydrogen) atoms. The Balaban J connectivity index is 1.68. The van der Waals surface area contributed by atoms with Crippen LogP contribution in [-0.2, 0) is 10.2 Å². The average molecular weight is 302 g/mol. The molecule has 3 N–H and O–H groups in total. The molecule has 0 spiro atoms. The average Bonchev–Trinajstić information content (AvgIpc) is 2.48. The number of fused-ring (bicyclic) bond motifs is 3. The first-order valence-electron chi connectivity index (χ1n) is 7.81. The van der Waals surface area contributed by atoms with Crippen LogP contribution in [0.2, 0.25) is 0 Å². The van der Waals surface area contributed by atoms with E-state index >= 15 is 0 Å². The molecule has 4 heterocycles. The monoisotopic (exact) mass is 302 g/mol. The Morgan fingerprint density at radius 3 is 2.45 bits per heavy atom. The number of nitrogens with one attached hydrogen (secondary N) is 1. The van der Waals surface area contributed by atoms with Gasteiger partial charge in [-0.3, -0.25) is 0 Å². The van der Waals surface area contributed by atoms with Gasteiger partial charge in [0.2, 0.25) is 0 Å². The Morgan fingerprint density at radius 2 is 1.85 bits per heavy atom. The van der Waals surface area contributed by atoms with Gasteiger partial charge in [-0.2, -0.15) is 17.4 Å². The first kappa shape index (κ1) is 14.7. The van der Waals surface area contributed by atoms with E-state index in [0.29, 0.717) is 19.0 Å². The van der Waals surface area contributed by atoms with Gasteiger partial charge < -0.3 is 10.6 Å². The topological polar surface area (TPSA) is 78.7 Å². The normalized spacial score (nSPS) is 39.0. The second-order valence-electron chi connectivity index (χ2n) is 6.36. The lowest BCUT2D eigenvalue weighted by Gasteiger charge is -2.45. The summed E-state index contributed by atoms with van der Waals surface area (Å²) in [4.78, 5) is 2.36. The summed E-state index contributed by atoms with van der Waals surface area (Å²) < 4.78 is 29.8. The van der Waals surface area contributed by atoms with Gasteiger partial charge in [0.15, 0.2) is 0 Å². The van der Waals surface area contributed by atoms with Crippen LogP contribution in [0.3, 0.4) is 0 Å². The lowest BCUT2D eigenvalue weighted by molar-refractivity contribution is 0.0812. The molecule has 2 unspecified atom stereocenters. The SMILES string of the molecule is NCC1CCCCN1S(=O)(=O)NC1CN2CCC1CC2. The van der Waals surface area contributed by atoms with E-state index in [0.717, 1.165) is 51.7 Å². The molecule has 4 fully saturated rings. The molecule has 0 aromatic carbocycles. The molecule has 0 aliphatic carbocycles. The number of piperidine rings is 4. The van der Waals surface area contributed by atoms with E-state index in [9.17, 15) is 8.42 Å². The molecule has 4 saturated heterocycles. The molecule has 7 heteroatoms. The van der Waals surface area contributed by atoms with Gasteiger partial charge in [-0.1, -0.05) is 6.42 Å². The van der Waals surface area contributed by atoms with Crippen LogP contribution < -0.4 is 10.5 Å². The molecule has 6 nitrogen and oxygen atoms in total. The van der Waals surface area contributed by atoms with Crippen LogP contribution in [0.4, 0.5) is 0 Å². The van der Waals surface area contributed by atoms with Crippen LogP contribution >= 0.6 is 0 Å². The molecule has 0 radical (unpaired) electrons. The van der Waals surface area contributed by atoms with Gasteiger partial charge in [-0.05, 0) is 44.7 Å². The van der Waals surface area contributed by atoms with Crippen molar-refractivity contribution < 1.29 is 8.42 Å². The summed E-state index contributed by atoms with van der Waals surface area (Å²) in [6.07, 6.45) is 5.14. The Labute approximate surface area is 121 Å². The zero-order valence-corrected chi connectivity index (χ0v) is 12.8. The Morgan fingerprint density at radius 1 is 1.10 bits per heavy atom. The van der Waals surface area contributed by atoms with Crippen LogP contribution in [0.1, 0.15) is 32.1 Å². The fraction of sp³-hybridized carbons (Fsp3) is 1.00. The Bertz CT molecular complexity index is 434. The number of nitrogens with two attached hydrogens (primary N) is 1. The van der Waals surface area contributed by atoms with Crippen LogP contribution in [-0.4, -0.2) is 62.4 Å². The molecule has 0 aromatic rings. The van der Waals surface area contributed by atoms with Crippen molar-refractivity contribution in [1.29, 1.82) is 0 Å². The lowest BCUT2D eigenvalue weighted by atomic mass is 9.85. The fourth-order valence-electron chi connectivity index (χ4n) is 3.88. The van der Waals surface area contributed by atoms with Gasteiger partial charge in [-0.25, -0.2) is 0 Å². The number of hydrogen-bond acceptors (Lipinski definition) is 4. The molecule has 0 amide bonds. The minimum atomic E-state index is -3.39. The first-order chi connectivity index (χ1) is 9.60. The fourth-order valence-corrected chi connectivity index (χ4v) is 5.62. The second kappa shape index (κ2) is 5.88. The summed E-state index contributed by atoms with van der Waals surface area (Å²) in [6, 6.07) is 0.0604. The molecule has 4 rings (SSSR count). The van der Waals surface area contributed by atoms with E-state index in [4.69, 9.17) is 5.73 Å². The van der Waals surface area contributed by atoms with E-state index in [1.807, 2.05) is 0 Å². The van der Waals surface area contributed by atoms with Crippen LogP contribution in [0.25, 0.3) is 0 Å². The molecular formula is C13H26N4O2S. The predicted molar refractivity (Wildman–Crippen MR) is 78.4 cm³/mol. The zero-order chi connectivity index (χ0) is 14.2. The van der Waals surface area contributed by atoms with Crippen molar-refractivity contribution in [2.45, 2.75) is 44.2 Å². The minimum absolute atomic E-state index is 0.0256. The number of hydrogen-bond donors (Lipinski definition) is 2. The van der Waals surface area contributed by atoms with Gasteiger partial charge in [0, 0.05) is 31.7 Å². The van der Waals surface area contributed by atoms with Crippen LogP contribution in [0.5, 0.6) is 0 Å². The van der Waals surface area contributed by atoms with Gasteiger partial charge in [-0.15, -0.1) is 0 Å².